The summed E-state index contributed by atoms with van der Waals surface area (Å²) >= 11 is 0. The third-order valence-electron chi connectivity index (χ3n) is 4.17. The predicted molar refractivity (Wildman–Crippen MR) is 98.5 cm³/mol. The molecule has 134 valence electrons. The first-order valence-electron chi connectivity index (χ1n) is 8.59. The third-order valence-corrected chi connectivity index (χ3v) is 4.17. The molecule has 0 aliphatic rings. The van der Waals surface area contributed by atoms with Crippen LogP contribution in [0.4, 0.5) is 0 Å². The highest BCUT2D eigenvalue weighted by Crippen LogP contribution is 2.18. The van der Waals surface area contributed by atoms with Crippen LogP contribution < -0.4 is 5.32 Å². The summed E-state index contributed by atoms with van der Waals surface area (Å²) in [6.45, 7) is 4.07. The van der Waals surface area contributed by atoms with Crippen molar-refractivity contribution in [3.05, 3.63) is 71.3 Å². The van der Waals surface area contributed by atoms with Crippen LogP contribution in [0.1, 0.15) is 47.7 Å². The Hall–Kier alpha value is -3.13. The van der Waals surface area contributed by atoms with Crippen molar-refractivity contribution in [2.45, 2.75) is 32.3 Å². The highest BCUT2D eigenvalue weighted by atomic mass is 16.5. The number of carbonyl (C=O) groups is 2. The molecule has 0 aliphatic carbocycles. The van der Waals surface area contributed by atoms with Crippen LogP contribution in [0, 0.1) is 11.3 Å². The first-order valence-corrected chi connectivity index (χ1v) is 8.59. The fraction of sp³-hybridized carbons (Fsp3) is 0.286. The molecule has 0 radical (unpaired) electrons. The normalized spacial score (nSPS) is 12.5. The molecule has 0 aromatic heterocycles. The summed E-state index contributed by atoms with van der Waals surface area (Å²) in [5.74, 6) is -0.764. The molecular weight excluding hydrogens is 328 g/mol. The number of benzene rings is 2. The van der Waals surface area contributed by atoms with Crippen molar-refractivity contribution in [2.24, 2.45) is 0 Å². The molecule has 26 heavy (non-hydrogen) atoms. The zero-order chi connectivity index (χ0) is 18.9. The molecule has 5 heteroatoms. The van der Waals surface area contributed by atoms with Gasteiger partial charge < -0.3 is 10.1 Å². The maximum absolute atomic E-state index is 12.2. The second-order valence-corrected chi connectivity index (χ2v) is 6.00. The van der Waals surface area contributed by atoms with E-state index >= 15 is 0 Å². The summed E-state index contributed by atoms with van der Waals surface area (Å²) in [5, 5.41) is 11.7. The van der Waals surface area contributed by atoms with Gasteiger partial charge in [0.15, 0.2) is 6.10 Å². The molecule has 0 unspecified atom stereocenters. The van der Waals surface area contributed by atoms with Crippen LogP contribution in [0.15, 0.2) is 54.6 Å². The zero-order valence-electron chi connectivity index (χ0n) is 14.9. The Morgan fingerprint density at radius 2 is 1.88 bits per heavy atom. The maximum Gasteiger partial charge on any atom is 0.338 e. The summed E-state index contributed by atoms with van der Waals surface area (Å²) in [7, 11) is 0. The number of carbonyl (C=O) groups excluding carboxylic acids is 2. The summed E-state index contributed by atoms with van der Waals surface area (Å²) in [4.78, 5) is 24.4. The molecule has 0 fully saturated rings. The lowest BCUT2D eigenvalue weighted by Crippen LogP contribution is -2.38. The summed E-state index contributed by atoms with van der Waals surface area (Å²) in [6, 6.07) is 18.1. The van der Waals surface area contributed by atoms with Crippen molar-refractivity contribution in [2.75, 3.05) is 6.54 Å². The van der Waals surface area contributed by atoms with Gasteiger partial charge >= 0.3 is 5.97 Å². The molecule has 0 aliphatic heterocycles. The minimum atomic E-state index is -0.915. The van der Waals surface area contributed by atoms with Gasteiger partial charge in [-0.25, -0.2) is 4.79 Å². The molecular formula is C21H22N2O3. The van der Waals surface area contributed by atoms with E-state index in [4.69, 9.17) is 10.00 Å². The second-order valence-electron chi connectivity index (χ2n) is 6.00. The van der Waals surface area contributed by atoms with E-state index in [0.29, 0.717) is 12.1 Å². The molecule has 0 bridgehead atoms. The van der Waals surface area contributed by atoms with E-state index in [0.717, 1.165) is 12.0 Å². The van der Waals surface area contributed by atoms with Crippen LogP contribution in [0.3, 0.4) is 0 Å². The van der Waals surface area contributed by atoms with E-state index in [-0.39, 0.29) is 17.4 Å². The molecule has 2 rings (SSSR count). The fourth-order valence-corrected chi connectivity index (χ4v) is 2.59. The first-order chi connectivity index (χ1) is 12.5. The van der Waals surface area contributed by atoms with Gasteiger partial charge in [0.2, 0.25) is 0 Å². The number of esters is 1. The molecule has 2 aromatic carbocycles. The largest absolute Gasteiger partial charge is 0.449 e. The lowest BCUT2D eigenvalue weighted by molar-refractivity contribution is -0.129. The summed E-state index contributed by atoms with van der Waals surface area (Å²) in [5.41, 5.74) is 1.78. The molecule has 0 saturated carbocycles. The first kappa shape index (κ1) is 19.2. The van der Waals surface area contributed by atoms with Crippen molar-refractivity contribution >= 4 is 11.9 Å². The average molecular weight is 350 g/mol. The number of hydrogen-bond acceptors (Lipinski definition) is 4. The smallest absolute Gasteiger partial charge is 0.338 e. The molecule has 1 N–H and O–H groups in total. The van der Waals surface area contributed by atoms with E-state index in [9.17, 15) is 9.59 Å². The van der Waals surface area contributed by atoms with Crippen LogP contribution in [0.5, 0.6) is 0 Å². The Morgan fingerprint density at radius 3 is 2.54 bits per heavy atom. The van der Waals surface area contributed by atoms with Crippen LogP contribution in [0.25, 0.3) is 0 Å². The molecule has 2 atom stereocenters. The van der Waals surface area contributed by atoms with E-state index in [1.807, 2.05) is 36.4 Å². The van der Waals surface area contributed by atoms with Gasteiger partial charge in [0.05, 0.1) is 17.2 Å². The van der Waals surface area contributed by atoms with E-state index in [1.54, 1.807) is 18.2 Å². The molecule has 0 saturated heterocycles. The second kappa shape index (κ2) is 9.38. The van der Waals surface area contributed by atoms with Crippen molar-refractivity contribution in [1.82, 2.24) is 5.32 Å². The predicted octanol–water partition coefficient (Wildman–Crippen LogP) is 3.41. The Morgan fingerprint density at radius 1 is 1.15 bits per heavy atom. The number of hydrogen-bond donors (Lipinski definition) is 1. The number of nitrogens with one attached hydrogen (secondary N) is 1. The third kappa shape index (κ3) is 5.18. The monoisotopic (exact) mass is 350 g/mol. The quantitative estimate of drug-likeness (QED) is 0.776. The van der Waals surface area contributed by atoms with Crippen LogP contribution >= 0.6 is 0 Å². The Bertz CT molecular complexity index is 796. The highest BCUT2D eigenvalue weighted by molar-refractivity contribution is 5.92. The van der Waals surface area contributed by atoms with Crippen LogP contribution in [-0.4, -0.2) is 24.5 Å². The number of amides is 1. The van der Waals surface area contributed by atoms with E-state index in [2.05, 4.69) is 12.2 Å². The van der Waals surface area contributed by atoms with E-state index < -0.39 is 12.1 Å². The van der Waals surface area contributed by atoms with Gasteiger partial charge in [0.25, 0.3) is 5.91 Å². The molecule has 5 nitrogen and oxygen atoms in total. The molecule has 0 heterocycles. The number of ether oxygens (including phenoxy) is 1. The Balaban J connectivity index is 1.90. The Labute approximate surface area is 153 Å². The van der Waals surface area contributed by atoms with Crippen LogP contribution in [-0.2, 0) is 9.53 Å². The lowest BCUT2D eigenvalue weighted by Gasteiger charge is -2.18. The molecule has 0 spiro atoms. The van der Waals surface area contributed by atoms with Crippen molar-refractivity contribution in [1.29, 1.82) is 5.26 Å². The number of rotatable bonds is 7. The standard InChI is InChI=1S/C21H22N2O3/c1-3-17(18-9-5-4-6-10-18)14-23-20(24)15(2)26-21(25)19-11-7-8-16(12-19)13-22/h4-12,15,17H,3,14H2,1-2H3,(H,23,24)/t15-,17+/m0/s1. The van der Waals surface area contributed by atoms with Gasteiger partial charge in [0, 0.05) is 12.5 Å². The fourth-order valence-electron chi connectivity index (χ4n) is 2.59. The highest BCUT2D eigenvalue weighted by Gasteiger charge is 2.20. The van der Waals surface area contributed by atoms with Gasteiger partial charge in [0.1, 0.15) is 0 Å². The molecule has 1 amide bonds. The van der Waals surface area contributed by atoms with E-state index in [1.165, 1.54) is 13.0 Å². The van der Waals surface area contributed by atoms with Gasteiger partial charge in [-0.1, -0.05) is 43.3 Å². The lowest BCUT2D eigenvalue weighted by atomic mass is 9.96. The van der Waals surface area contributed by atoms with Crippen molar-refractivity contribution in [3.8, 4) is 6.07 Å². The van der Waals surface area contributed by atoms with Gasteiger partial charge in [-0.05, 0) is 37.1 Å². The van der Waals surface area contributed by atoms with Gasteiger partial charge in [-0.3, -0.25) is 4.79 Å². The minimum absolute atomic E-state index is 0.204. The number of nitriles is 1. The van der Waals surface area contributed by atoms with Gasteiger partial charge in [-0.2, -0.15) is 5.26 Å². The van der Waals surface area contributed by atoms with Crippen molar-refractivity contribution in [3.63, 3.8) is 0 Å². The van der Waals surface area contributed by atoms with Gasteiger partial charge in [-0.15, -0.1) is 0 Å². The van der Waals surface area contributed by atoms with Crippen molar-refractivity contribution < 1.29 is 14.3 Å². The summed E-state index contributed by atoms with van der Waals surface area (Å²) < 4.78 is 5.21. The number of nitrogens with zero attached hydrogens (tertiary/aromatic N) is 1. The molecule has 2 aromatic rings. The Kier molecular flexibility index (Phi) is 6.92. The summed E-state index contributed by atoms with van der Waals surface area (Å²) in [6.07, 6.45) is -0.0270. The minimum Gasteiger partial charge on any atom is -0.449 e. The average Bonchev–Trinajstić information content (AvgIpc) is 2.69. The topological polar surface area (TPSA) is 79.2 Å². The zero-order valence-corrected chi connectivity index (χ0v) is 14.9. The SMILES string of the molecule is CC[C@H](CNC(=O)[C@H](C)OC(=O)c1cccc(C#N)c1)c1ccccc1. The maximum atomic E-state index is 12.2. The van der Waals surface area contributed by atoms with Crippen LogP contribution in [0.2, 0.25) is 0 Å².